The van der Waals surface area contributed by atoms with Gasteiger partial charge in [0.15, 0.2) is 0 Å². The van der Waals surface area contributed by atoms with Crippen LogP contribution in [0.25, 0.3) is 0 Å². The van der Waals surface area contributed by atoms with Gasteiger partial charge in [-0.25, -0.2) is 0 Å². The number of ether oxygens (including phenoxy) is 2. The molecule has 0 aliphatic carbocycles. The Labute approximate surface area is 131 Å². The summed E-state index contributed by atoms with van der Waals surface area (Å²) in [5.41, 5.74) is 2.13. The van der Waals surface area contributed by atoms with E-state index in [1.165, 1.54) is 0 Å². The molecule has 0 saturated heterocycles. The van der Waals surface area contributed by atoms with Crippen LogP contribution in [0.15, 0.2) is 41.6 Å². The van der Waals surface area contributed by atoms with E-state index in [1.807, 2.05) is 6.07 Å². The van der Waals surface area contributed by atoms with E-state index in [0.717, 1.165) is 11.1 Å². The largest absolute Gasteiger partial charge is 0.489 e. The maximum atomic E-state index is 8.84. The van der Waals surface area contributed by atoms with Crippen molar-refractivity contribution in [2.45, 2.75) is 6.61 Å². The zero-order valence-corrected chi connectivity index (χ0v) is 12.4. The predicted octanol–water partition coefficient (Wildman–Crippen LogP) is 4.14. The Hall–Kier alpha value is -1.91. The Kier molecular flexibility index (Phi) is 3.90. The van der Waals surface area contributed by atoms with Crippen molar-refractivity contribution >= 4 is 28.9 Å². The van der Waals surface area contributed by atoms with Gasteiger partial charge in [-0.3, -0.25) is 0 Å². The number of rotatable bonds is 3. The molecule has 0 radical (unpaired) electrons. The van der Waals surface area contributed by atoms with Gasteiger partial charge in [0, 0.05) is 27.2 Å². The second-order valence-electron chi connectivity index (χ2n) is 4.52. The Bertz CT molecular complexity index is 716. The van der Waals surface area contributed by atoms with Gasteiger partial charge in [-0.15, -0.1) is 0 Å². The fourth-order valence-corrected chi connectivity index (χ4v) is 2.52. The SMILES string of the molecule is ON=C1COc2cc(OCc3ccc(Cl)cc3Cl)ccc21. The minimum Gasteiger partial charge on any atom is -0.489 e. The molecule has 1 aliphatic heterocycles. The topological polar surface area (TPSA) is 51.1 Å². The maximum absolute atomic E-state index is 8.84. The van der Waals surface area contributed by atoms with Gasteiger partial charge < -0.3 is 14.7 Å². The van der Waals surface area contributed by atoms with Crippen molar-refractivity contribution in [3.8, 4) is 11.5 Å². The van der Waals surface area contributed by atoms with Crippen LogP contribution in [0.3, 0.4) is 0 Å². The molecule has 0 saturated carbocycles. The van der Waals surface area contributed by atoms with E-state index in [4.69, 9.17) is 37.9 Å². The number of hydrogen-bond donors (Lipinski definition) is 1. The average Bonchev–Trinajstić information content (AvgIpc) is 2.88. The lowest BCUT2D eigenvalue weighted by atomic mass is 10.1. The predicted molar refractivity (Wildman–Crippen MR) is 81.1 cm³/mol. The molecule has 0 spiro atoms. The number of fused-ring (bicyclic) bond motifs is 1. The smallest absolute Gasteiger partial charge is 0.134 e. The molecule has 21 heavy (non-hydrogen) atoms. The van der Waals surface area contributed by atoms with Gasteiger partial charge in [0.2, 0.25) is 0 Å². The Morgan fingerprint density at radius 1 is 1.19 bits per heavy atom. The van der Waals surface area contributed by atoms with Gasteiger partial charge in [-0.1, -0.05) is 34.4 Å². The first-order valence-corrected chi connectivity index (χ1v) is 6.98. The summed E-state index contributed by atoms with van der Waals surface area (Å²) in [6.45, 7) is 0.591. The summed E-state index contributed by atoms with van der Waals surface area (Å²) in [4.78, 5) is 0. The molecule has 3 rings (SSSR count). The molecular formula is C15H11Cl2NO3. The van der Waals surface area contributed by atoms with Crippen LogP contribution in [0.5, 0.6) is 11.5 Å². The van der Waals surface area contributed by atoms with Crippen LogP contribution in [-0.4, -0.2) is 17.5 Å². The highest BCUT2D eigenvalue weighted by atomic mass is 35.5. The summed E-state index contributed by atoms with van der Waals surface area (Å²) >= 11 is 11.9. The van der Waals surface area contributed by atoms with Crippen LogP contribution < -0.4 is 9.47 Å². The summed E-state index contributed by atoms with van der Waals surface area (Å²) in [5, 5.41) is 13.2. The highest BCUT2D eigenvalue weighted by Crippen LogP contribution is 2.30. The van der Waals surface area contributed by atoms with Crippen LogP contribution in [0.2, 0.25) is 10.0 Å². The molecule has 4 nitrogen and oxygen atoms in total. The molecule has 0 bridgehead atoms. The monoisotopic (exact) mass is 323 g/mol. The molecule has 1 N–H and O–H groups in total. The number of benzene rings is 2. The molecule has 1 aliphatic rings. The lowest BCUT2D eigenvalue weighted by Crippen LogP contribution is -2.01. The molecular weight excluding hydrogens is 313 g/mol. The van der Waals surface area contributed by atoms with E-state index in [0.29, 0.717) is 33.9 Å². The Morgan fingerprint density at radius 3 is 2.81 bits per heavy atom. The van der Waals surface area contributed by atoms with Crippen LogP contribution in [0.4, 0.5) is 0 Å². The summed E-state index contributed by atoms with van der Waals surface area (Å²) in [6, 6.07) is 10.6. The van der Waals surface area contributed by atoms with E-state index in [9.17, 15) is 0 Å². The molecule has 2 aromatic carbocycles. The molecule has 0 aromatic heterocycles. The normalized spacial score (nSPS) is 14.9. The molecule has 0 atom stereocenters. The molecule has 2 aromatic rings. The number of halogens is 2. The van der Waals surface area contributed by atoms with E-state index in [-0.39, 0.29) is 6.61 Å². The fourth-order valence-electron chi connectivity index (χ4n) is 2.06. The molecule has 108 valence electrons. The Morgan fingerprint density at radius 2 is 2.05 bits per heavy atom. The molecule has 1 heterocycles. The third-order valence-corrected chi connectivity index (χ3v) is 3.75. The minimum absolute atomic E-state index is 0.262. The number of hydrogen-bond acceptors (Lipinski definition) is 4. The molecule has 6 heteroatoms. The van der Waals surface area contributed by atoms with Crippen molar-refractivity contribution in [2.75, 3.05) is 6.61 Å². The number of oxime groups is 1. The highest BCUT2D eigenvalue weighted by Gasteiger charge is 2.20. The average molecular weight is 324 g/mol. The van der Waals surface area contributed by atoms with Gasteiger partial charge >= 0.3 is 0 Å². The van der Waals surface area contributed by atoms with Gasteiger partial charge in [0.25, 0.3) is 0 Å². The van der Waals surface area contributed by atoms with Gasteiger partial charge in [0.1, 0.15) is 30.4 Å². The number of nitrogens with zero attached hydrogens (tertiary/aromatic N) is 1. The second-order valence-corrected chi connectivity index (χ2v) is 5.36. The van der Waals surface area contributed by atoms with Crippen molar-refractivity contribution < 1.29 is 14.7 Å². The standard InChI is InChI=1S/C15H11Cl2NO3/c16-10-2-1-9(13(17)5-10)7-20-11-3-4-12-14(18-19)8-21-15(12)6-11/h1-6,19H,7-8H2. The summed E-state index contributed by atoms with van der Waals surface area (Å²) in [5.74, 6) is 1.29. The van der Waals surface area contributed by atoms with E-state index >= 15 is 0 Å². The van der Waals surface area contributed by atoms with Crippen LogP contribution >= 0.6 is 23.2 Å². The maximum Gasteiger partial charge on any atom is 0.134 e. The quantitative estimate of drug-likeness (QED) is 0.682. The third kappa shape index (κ3) is 2.91. The molecule has 0 unspecified atom stereocenters. The summed E-state index contributed by atoms with van der Waals surface area (Å²) in [6.07, 6.45) is 0. The minimum atomic E-state index is 0.262. The van der Waals surface area contributed by atoms with Crippen molar-refractivity contribution in [1.82, 2.24) is 0 Å². The van der Waals surface area contributed by atoms with Crippen molar-refractivity contribution in [3.63, 3.8) is 0 Å². The van der Waals surface area contributed by atoms with E-state index < -0.39 is 0 Å². The highest BCUT2D eigenvalue weighted by molar-refractivity contribution is 6.35. The van der Waals surface area contributed by atoms with Gasteiger partial charge in [-0.2, -0.15) is 0 Å². The van der Waals surface area contributed by atoms with Crippen molar-refractivity contribution in [1.29, 1.82) is 0 Å². The summed E-state index contributed by atoms with van der Waals surface area (Å²) in [7, 11) is 0. The lowest BCUT2D eigenvalue weighted by molar-refractivity contribution is 0.303. The van der Waals surface area contributed by atoms with E-state index in [1.54, 1.807) is 30.3 Å². The first-order chi connectivity index (χ1) is 10.2. The van der Waals surface area contributed by atoms with Crippen molar-refractivity contribution in [3.05, 3.63) is 57.6 Å². The van der Waals surface area contributed by atoms with Crippen LogP contribution in [-0.2, 0) is 6.61 Å². The van der Waals surface area contributed by atoms with Gasteiger partial charge in [-0.05, 0) is 24.3 Å². The molecule has 0 amide bonds. The third-order valence-electron chi connectivity index (χ3n) is 3.16. The van der Waals surface area contributed by atoms with Gasteiger partial charge in [0.05, 0.1) is 0 Å². The first-order valence-electron chi connectivity index (χ1n) is 6.22. The lowest BCUT2D eigenvalue weighted by Gasteiger charge is -2.09. The first kappa shape index (κ1) is 14.0. The van der Waals surface area contributed by atoms with Crippen LogP contribution in [0.1, 0.15) is 11.1 Å². The van der Waals surface area contributed by atoms with Crippen molar-refractivity contribution in [2.24, 2.45) is 5.16 Å². The second kappa shape index (κ2) is 5.84. The van der Waals surface area contributed by atoms with Crippen LogP contribution in [0, 0.1) is 0 Å². The molecule has 0 fully saturated rings. The zero-order valence-electron chi connectivity index (χ0n) is 10.8. The zero-order chi connectivity index (χ0) is 14.8. The van der Waals surface area contributed by atoms with E-state index in [2.05, 4.69) is 5.16 Å². The Balaban J connectivity index is 1.75. The fraction of sp³-hybridized carbons (Fsp3) is 0.133. The summed E-state index contributed by atoms with van der Waals surface area (Å²) < 4.78 is 11.1.